The van der Waals surface area contributed by atoms with Crippen molar-refractivity contribution in [1.82, 2.24) is 9.62 Å². The van der Waals surface area contributed by atoms with Crippen LogP contribution in [0.15, 0.2) is 47.4 Å². The Kier molecular flexibility index (Phi) is 7.94. The van der Waals surface area contributed by atoms with Gasteiger partial charge in [0.15, 0.2) is 0 Å². The molecular weight excluding hydrogens is 436 g/mol. The number of sulfonamides is 1. The topological polar surface area (TPSA) is 103 Å². The van der Waals surface area contributed by atoms with E-state index < -0.39 is 16.1 Å². The van der Waals surface area contributed by atoms with E-state index in [0.717, 1.165) is 0 Å². The fraction of sp³-hybridized carbons (Fsp3) is 0.409. The predicted octanol–water partition coefficient (Wildman–Crippen LogP) is 1.92. The van der Waals surface area contributed by atoms with Crippen LogP contribution in [0.25, 0.3) is 0 Å². The second-order valence-corrected chi connectivity index (χ2v) is 8.99. The second kappa shape index (κ2) is 10.7. The minimum absolute atomic E-state index is 0.0220. The molecule has 0 spiro atoms. The van der Waals surface area contributed by atoms with Gasteiger partial charge in [0, 0.05) is 13.1 Å². The number of carbonyl (C=O) groups excluding carboxylic acids is 1. The van der Waals surface area contributed by atoms with E-state index in [1.54, 1.807) is 43.2 Å². The van der Waals surface area contributed by atoms with Crippen LogP contribution in [-0.2, 0) is 14.8 Å². The van der Waals surface area contributed by atoms with Crippen LogP contribution in [0.2, 0.25) is 0 Å². The van der Waals surface area contributed by atoms with Gasteiger partial charge in [0.25, 0.3) is 5.91 Å². The van der Waals surface area contributed by atoms with Crippen molar-refractivity contribution in [2.75, 3.05) is 47.1 Å². The molecule has 1 aliphatic rings. The summed E-state index contributed by atoms with van der Waals surface area (Å²) < 4.78 is 49.7. The zero-order chi connectivity index (χ0) is 23.1. The van der Waals surface area contributed by atoms with Gasteiger partial charge >= 0.3 is 0 Å². The lowest BCUT2D eigenvalue weighted by Crippen LogP contribution is -2.41. The molecule has 32 heavy (non-hydrogen) atoms. The SMILES string of the molecule is COc1ccc(OCC(C)NS(=O)(=O)c2ccc(OC)c(C(=O)N3CCOCC3)c2)cc1. The Morgan fingerprint density at radius 3 is 2.34 bits per heavy atom. The third-order valence-corrected chi connectivity index (χ3v) is 6.51. The molecule has 1 unspecified atom stereocenters. The van der Waals surface area contributed by atoms with Crippen LogP contribution in [0.3, 0.4) is 0 Å². The largest absolute Gasteiger partial charge is 0.497 e. The molecule has 0 aliphatic carbocycles. The summed E-state index contributed by atoms with van der Waals surface area (Å²) in [5, 5.41) is 0. The molecule has 1 fully saturated rings. The molecular formula is C22H28N2O7S. The van der Waals surface area contributed by atoms with Crippen molar-refractivity contribution >= 4 is 15.9 Å². The number of nitrogens with zero attached hydrogens (tertiary/aromatic N) is 1. The number of hydrogen-bond donors (Lipinski definition) is 1. The maximum atomic E-state index is 12.9. The fourth-order valence-corrected chi connectivity index (χ4v) is 4.47. The maximum Gasteiger partial charge on any atom is 0.257 e. The molecule has 1 N–H and O–H groups in total. The number of carbonyl (C=O) groups is 1. The van der Waals surface area contributed by atoms with Gasteiger partial charge in [-0.15, -0.1) is 0 Å². The number of morpholine rings is 1. The summed E-state index contributed by atoms with van der Waals surface area (Å²) in [6, 6.07) is 10.7. The van der Waals surface area contributed by atoms with Crippen LogP contribution in [0.4, 0.5) is 0 Å². The first kappa shape index (κ1) is 23.8. The van der Waals surface area contributed by atoms with E-state index in [2.05, 4.69) is 4.72 Å². The van der Waals surface area contributed by atoms with Crippen molar-refractivity contribution in [3.8, 4) is 17.2 Å². The molecule has 174 valence electrons. The lowest BCUT2D eigenvalue weighted by atomic mass is 10.1. The van der Waals surface area contributed by atoms with Gasteiger partial charge in [-0.1, -0.05) is 0 Å². The first-order chi connectivity index (χ1) is 15.3. The van der Waals surface area contributed by atoms with Crippen molar-refractivity contribution in [3.05, 3.63) is 48.0 Å². The van der Waals surface area contributed by atoms with Gasteiger partial charge in [0.1, 0.15) is 23.9 Å². The quantitative estimate of drug-likeness (QED) is 0.605. The summed E-state index contributed by atoms with van der Waals surface area (Å²) in [6.45, 7) is 3.60. The third-order valence-electron chi connectivity index (χ3n) is 4.93. The summed E-state index contributed by atoms with van der Waals surface area (Å²) in [4.78, 5) is 14.5. The highest BCUT2D eigenvalue weighted by Crippen LogP contribution is 2.25. The number of rotatable bonds is 9. The van der Waals surface area contributed by atoms with E-state index in [4.69, 9.17) is 18.9 Å². The summed E-state index contributed by atoms with van der Waals surface area (Å²) in [5.41, 5.74) is 0.194. The molecule has 1 heterocycles. The number of hydrogen-bond acceptors (Lipinski definition) is 7. The van der Waals surface area contributed by atoms with E-state index in [-0.39, 0.29) is 23.0 Å². The minimum atomic E-state index is -3.89. The highest BCUT2D eigenvalue weighted by atomic mass is 32.2. The van der Waals surface area contributed by atoms with E-state index in [9.17, 15) is 13.2 Å². The van der Waals surface area contributed by atoms with Crippen LogP contribution in [0.1, 0.15) is 17.3 Å². The number of methoxy groups -OCH3 is 2. The Hall–Kier alpha value is -2.82. The Bertz CT molecular complexity index is 1020. The highest BCUT2D eigenvalue weighted by molar-refractivity contribution is 7.89. The van der Waals surface area contributed by atoms with Gasteiger partial charge in [-0.3, -0.25) is 4.79 Å². The zero-order valence-electron chi connectivity index (χ0n) is 18.4. The molecule has 0 saturated carbocycles. The van der Waals surface area contributed by atoms with E-state index in [1.807, 2.05) is 0 Å². The van der Waals surface area contributed by atoms with Gasteiger partial charge in [0.2, 0.25) is 10.0 Å². The number of benzene rings is 2. The van der Waals surface area contributed by atoms with E-state index in [1.165, 1.54) is 25.3 Å². The smallest absolute Gasteiger partial charge is 0.257 e. The lowest BCUT2D eigenvalue weighted by molar-refractivity contribution is 0.0300. The lowest BCUT2D eigenvalue weighted by Gasteiger charge is -2.27. The van der Waals surface area contributed by atoms with Gasteiger partial charge < -0.3 is 23.8 Å². The first-order valence-electron chi connectivity index (χ1n) is 10.2. The van der Waals surface area contributed by atoms with Gasteiger partial charge in [0.05, 0.1) is 43.9 Å². The molecule has 0 radical (unpaired) electrons. The molecule has 1 saturated heterocycles. The van der Waals surface area contributed by atoms with Crippen molar-refractivity contribution in [3.63, 3.8) is 0 Å². The van der Waals surface area contributed by atoms with Crippen molar-refractivity contribution < 1.29 is 32.2 Å². The standard InChI is InChI=1S/C22H28N2O7S/c1-16(15-31-18-6-4-17(28-2)5-7-18)23-32(26,27)19-8-9-21(29-3)20(14-19)22(25)24-10-12-30-13-11-24/h4-9,14,16,23H,10-13,15H2,1-3H3. The third kappa shape index (κ3) is 5.90. The van der Waals surface area contributed by atoms with E-state index in [0.29, 0.717) is 43.6 Å². The van der Waals surface area contributed by atoms with Gasteiger partial charge in [-0.25, -0.2) is 13.1 Å². The van der Waals surface area contributed by atoms with Crippen LogP contribution in [0.5, 0.6) is 17.2 Å². The summed E-state index contributed by atoms with van der Waals surface area (Å²) in [5.74, 6) is 1.32. The minimum Gasteiger partial charge on any atom is -0.497 e. The molecule has 1 amide bonds. The molecule has 0 aromatic heterocycles. The molecule has 2 aromatic carbocycles. The number of ether oxygens (including phenoxy) is 4. The first-order valence-corrected chi connectivity index (χ1v) is 11.7. The zero-order valence-corrected chi connectivity index (χ0v) is 19.2. The Morgan fingerprint density at radius 2 is 1.72 bits per heavy atom. The van der Waals surface area contributed by atoms with Crippen molar-refractivity contribution in [1.29, 1.82) is 0 Å². The Balaban J connectivity index is 1.70. The predicted molar refractivity (Wildman–Crippen MR) is 118 cm³/mol. The molecule has 10 heteroatoms. The van der Waals surface area contributed by atoms with Crippen LogP contribution in [0, 0.1) is 0 Å². The average Bonchev–Trinajstić information content (AvgIpc) is 2.82. The number of amides is 1. The highest BCUT2D eigenvalue weighted by Gasteiger charge is 2.25. The van der Waals surface area contributed by atoms with Crippen LogP contribution < -0.4 is 18.9 Å². The summed E-state index contributed by atoms with van der Waals surface area (Å²) in [6.07, 6.45) is 0. The van der Waals surface area contributed by atoms with Gasteiger partial charge in [-0.2, -0.15) is 0 Å². The fourth-order valence-electron chi connectivity index (χ4n) is 3.22. The van der Waals surface area contributed by atoms with Crippen LogP contribution >= 0.6 is 0 Å². The molecule has 3 rings (SSSR count). The number of nitrogens with one attached hydrogen (secondary N) is 1. The average molecular weight is 465 g/mol. The monoisotopic (exact) mass is 464 g/mol. The van der Waals surface area contributed by atoms with Gasteiger partial charge in [-0.05, 0) is 49.4 Å². The Labute approximate surface area is 188 Å². The van der Waals surface area contributed by atoms with Crippen molar-refractivity contribution in [2.45, 2.75) is 17.9 Å². The summed E-state index contributed by atoms with van der Waals surface area (Å²) in [7, 11) is -0.871. The molecule has 0 bridgehead atoms. The van der Waals surface area contributed by atoms with Crippen molar-refractivity contribution in [2.24, 2.45) is 0 Å². The van der Waals surface area contributed by atoms with Crippen LogP contribution in [-0.4, -0.2) is 72.4 Å². The second-order valence-electron chi connectivity index (χ2n) is 7.28. The molecule has 1 aliphatic heterocycles. The Morgan fingerprint density at radius 1 is 1.06 bits per heavy atom. The van der Waals surface area contributed by atoms with E-state index >= 15 is 0 Å². The molecule has 9 nitrogen and oxygen atoms in total. The molecule has 1 atom stereocenters. The molecule has 2 aromatic rings. The summed E-state index contributed by atoms with van der Waals surface area (Å²) >= 11 is 0. The normalized spacial score (nSPS) is 15.2. The maximum absolute atomic E-state index is 12.9.